The van der Waals surface area contributed by atoms with Gasteiger partial charge in [-0.3, -0.25) is 0 Å². The quantitative estimate of drug-likeness (QED) is 0.493. The monoisotopic (exact) mass is 305 g/mol. The van der Waals surface area contributed by atoms with Crippen LogP contribution in [-0.2, 0) is 15.5 Å². The van der Waals surface area contributed by atoms with Crippen molar-refractivity contribution in [2.45, 2.75) is 45.1 Å². The number of halogens is 4. The Bertz CT molecular complexity index is 533. The molecule has 0 amide bonds. The molecule has 0 bridgehead atoms. The molecule has 0 radical (unpaired) electrons. The van der Waals surface area contributed by atoms with Crippen LogP contribution in [0.5, 0.6) is 0 Å². The number of hydrogen-bond acceptors (Lipinski definition) is 3. The highest BCUT2D eigenvalue weighted by Crippen LogP contribution is 2.38. The van der Waals surface area contributed by atoms with Crippen molar-refractivity contribution in [1.82, 2.24) is 0 Å². The van der Waals surface area contributed by atoms with Gasteiger partial charge in [-0.05, 0) is 45.3 Å². The van der Waals surface area contributed by atoms with E-state index in [1.807, 2.05) is 0 Å². The normalized spacial score (nSPS) is 20.9. The second-order valence-electron chi connectivity index (χ2n) is 6.05. The molecule has 2 N–H and O–H groups in total. The Morgan fingerprint density at radius 2 is 1.52 bits per heavy atom. The van der Waals surface area contributed by atoms with Crippen LogP contribution in [0.1, 0.15) is 33.3 Å². The van der Waals surface area contributed by atoms with Crippen LogP contribution in [0.25, 0.3) is 0 Å². The molecule has 1 aliphatic rings. The molecule has 0 spiro atoms. The molecule has 1 fully saturated rings. The molecule has 0 aliphatic carbocycles. The van der Waals surface area contributed by atoms with E-state index in [2.05, 4.69) is 0 Å². The molecule has 0 saturated carbocycles. The van der Waals surface area contributed by atoms with E-state index in [0.717, 1.165) is 12.1 Å². The molecule has 0 unspecified atom stereocenters. The number of benzene rings is 1. The summed E-state index contributed by atoms with van der Waals surface area (Å²) in [7, 11) is -0.964. The standard InChI is InChI=1S/C13H16BF4NO2/c1-11(2)12(3,4)21-14(20-11)7-5-8(15)10(9(19)6-7)13(16,17)18/h5-6H,19H2,1-4H3. The third kappa shape index (κ3) is 2.74. The Labute approximate surface area is 120 Å². The van der Waals surface area contributed by atoms with E-state index >= 15 is 0 Å². The number of nitrogens with two attached hydrogens (primary N) is 1. The van der Waals surface area contributed by atoms with Gasteiger partial charge in [0.15, 0.2) is 0 Å². The molecular weight excluding hydrogens is 289 g/mol. The third-order valence-electron chi connectivity index (χ3n) is 3.95. The summed E-state index contributed by atoms with van der Waals surface area (Å²) in [6.07, 6.45) is -4.84. The molecule has 1 saturated heterocycles. The van der Waals surface area contributed by atoms with Crippen LogP contribution < -0.4 is 11.2 Å². The van der Waals surface area contributed by atoms with Crippen molar-refractivity contribution in [1.29, 1.82) is 0 Å². The molecule has 8 heteroatoms. The minimum absolute atomic E-state index is 0.122. The Morgan fingerprint density at radius 1 is 1.05 bits per heavy atom. The maximum atomic E-state index is 13.7. The Hall–Kier alpha value is -1.28. The highest BCUT2D eigenvalue weighted by molar-refractivity contribution is 6.62. The molecule has 0 atom stereocenters. The maximum absolute atomic E-state index is 13.7. The van der Waals surface area contributed by atoms with Gasteiger partial charge in [-0.25, -0.2) is 4.39 Å². The highest BCUT2D eigenvalue weighted by Gasteiger charge is 2.52. The van der Waals surface area contributed by atoms with Gasteiger partial charge in [-0.1, -0.05) is 0 Å². The van der Waals surface area contributed by atoms with Crippen molar-refractivity contribution in [3.63, 3.8) is 0 Å². The SMILES string of the molecule is CC1(C)OB(c2cc(N)c(C(F)(F)F)c(F)c2)OC1(C)C. The van der Waals surface area contributed by atoms with Crippen LogP contribution in [0.4, 0.5) is 23.2 Å². The smallest absolute Gasteiger partial charge is 0.399 e. The molecule has 116 valence electrons. The van der Waals surface area contributed by atoms with Crippen LogP contribution in [0, 0.1) is 5.82 Å². The third-order valence-corrected chi connectivity index (χ3v) is 3.95. The number of alkyl halides is 3. The highest BCUT2D eigenvalue weighted by atomic mass is 19.4. The molecular formula is C13H16BF4NO2. The summed E-state index contributed by atoms with van der Waals surface area (Å²) in [5.41, 5.74) is 1.95. The summed E-state index contributed by atoms with van der Waals surface area (Å²) >= 11 is 0. The van der Waals surface area contributed by atoms with Gasteiger partial charge in [0.25, 0.3) is 0 Å². The number of nitrogen functional groups attached to an aromatic ring is 1. The van der Waals surface area contributed by atoms with Gasteiger partial charge in [0.05, 0.1) is 11.2 Å². The molecule has 1 aromatic rings. The van der Waals surface area contributed by atoms with Gasteiger partial charge in [0.1, 0.15) is 11.4 Å². The molecule has 1 aromatic carbocycles. The topological polar surface area (TPSA) is 44.5 Å². The number of anilines is 1. The lowest BCUT2D eigenvalue weighted by Gasteiger charge is -2.32. The van der Waals surface area contributed by atoms with Crippen LogP contribution in [0.15, 0.2) is 12.1 Å². The van der Waals surface area contributed by atoms with E-state index in [1.165, 1.54) is 0 Å². The van der Waals surface area contributed by atoms with Crippen molar-refractivity contribution >= 4 is 18.3 Å². The number of rotatable bonds is 1. The molecule has 21 heavy (non-hydrogen) atoms. The summed E-state index contributed by atoms with van der Waals surface area (Å²) in [6.45, 7) is 7.15. The van der Waals surface area contributed by atoms with Crippen LogP contribution in [-0.4, -0.2) is 18.3 Å². The summed E-state index contributed by atoms with van der Waals surface area (Å²) in [5, 5.41) is 0. The van der Waals surface area contributed by atoms with Crippen molar-refractivity contribution < 1.29 is 26.9 Å². The average Bonchev–Trinajstić information content (AvgIpc) is 2.44. The molecule has 3 nitrogen and oxygen atoms in total. The van der Waals surface area contributed by atoms with Crippen LogP contribution in [0.3, 0.4) is 0 Å². The van der Waals surface area contributed by atoms with Gasteiger partial charge in [-0.15, -0.1) is 0 Å². The maximum Gasteiger partial charge on any atom is 0.495 e. The molecule has 0 aromatic heterocycles. The molecule has 1 heterocycles. The second kappa shape index (κ2) is 4.61. The summed E-state index contributed by atoms with van der Waals surface area (Å²) in [4.78, 5) is 0. The van der Waals surface area contributed by atoms with Crippen molar-refractivity contribution in [2.75, 3.05) is 5.73 Å². The second-order valence-corrected chi connectivity index (χ2v) is 6.05. The largest absolute Gasteiger partial charge is 0.495 e. The van der Waals surface area contributed by atoms with E-state index in [9.17, 15) is 17.6 Å². The van der Waals surface area contributed by atoms with Gasteiger partial charge in [0.2, 0.25) is 0 Å². The summed E-state index contributed by atoms with van der Waals surface area (Å²) < 4.78 is 63.1. The lowest BCUT2D eigenvalue weighted by molar-refractivity contribution is -0.139. The Morgan fingerprint density at radius 3 is 1.90 bits per heavy atom. The zero-order chi connectivity index (χ0) is 16.2. The van der Waals surface area contributed by atoms with Crippen molar-refractivity contribution in [3.05, 3.63) is 23.5 Å². The minimum Gasteiger partial charge on any atom is -0.399 e. The van der Waals surface area contributed by atoms with Gasteiger partial charge < -0.3 is 15.0 Å². The van der Waals surface area contributed by atoms with Gasteiger partial charge in [-0.2, -0.15) is 13.2 Å². The van der Waals surface area contributed by atoms with Gasteiger partial charge in [0, 0.05) is 5.69 Å². The van der Waals surface area contributed by atoms with Crippen LogP contribution >= 0.6 is 0 Å². The van der Waals surface area contributed by atoms with E-state index in [0.29, 0.717) is 0 Å². The zero-order valence-corrected chi connectivity index (χ0v) is 12.1. The lowest BCUT2D eigenvalue weighted by Crippen LogP contribution is -2.41. The number of hydrogen-bond donors (Lipinski definition) is 1. The molecule has 1 aliphatic heterocycles. The van der Waals surface area contributed by atoms with Crippen molar-refractivity contribution in [3.8, 4) is 0 Å². The van der Waals surface area contributed by atoms with Gasteiger partial charge >= 0.3 is 13.3 Å². The van der Waals surface area contributed by atoms with E-state index in [4.69, 9.17) is 15.0 Å². The Kier molecular flexibility index (Phi) is 3.53. The summed E-state index contributed by atoms with van der Waals surface area (Å²) in [6, 6.07) is 1.79. The lowest BCUT2D eigenvalue weighted by atomic mass is 9.78. The van der Waals surface area contributed by atoms with E-state index in [1.54, 1.807) is 27.7 Å². The first kappa shape index (κ1) is 16.1. The average molecular weight is 305 g/mol. The first-order chi connectivity index (χ1) is 9.35. The first-order valence-corrected chi connectivity index (χ1v) is 6.37. The first-order valence-electron chi connectivity index (χ1n) is 6.37. The predicted octanol–water partition coefficient (Wildman–Crippen LogP) is 2.73. The van der Waals surface area contributed by atoms with E-state index in [-0.39, 0.29) is 5.46 Å². The fraction of sp³-hybridized carbons (Fsp3) is 0.538. The fourth-order valence-electron chi connectivity index (χ4n) is 2.06. The van der Waals surface area contributed by atoms with E-state index < -0.39 is 41.6 Å². The van der Waals surface area contributed by atoms with Crippen molar-refractivity contribution in [2.24, 2.45) is 0 Å². The molecule has 2 rings (SSSR count). The summed E-state index contributed by atoms with van der Waals surface area (Å²) in [5.74, 6) is -1.44. The fourth-order valence-corrected chi connectivity index (χ4v) is 2.06. The Balaban J connectivity index is 2.41. The predicted molar refractivity (Wildman–Crippen MR) is 71.5 cm³/mol. The minimum atomic E-state index is -4.84. The van der Waals surface area contributed by atoms with Crippen LogP contribution in [0.2, 0.25) is 0 Å². The zero-order valence-electron chi connectivity index (χ0n) is 12.1.